The number of hydrogen-bond acceptors (Lipinski definition) is 4. The van der Waals surface area contributed by atoms with Crippen LogP contribution in [0.2, 0.25) is 15.1 Å². The van der Waals surface area contributed by atoms with E-state index in [1.54, 1.807) is 19.9 Å². The maximum Gasteiger partial charge on any atom is 0.327 e. The van der Waals surface area contributed by atoms with Crippen LogP contribution in [0.5, 0.6) is 0 Å². The Balaban J connectivity index is 2.56. The third kappa shape index (κ3) is 4.82. The lowest BCUT2D eigenvalue weighted by molar-refractivity contribution is -0.145. The largest absolute Gasteiger partial charge is 0.462 e. The first-order valence-corrected chi connectivity index (χ1v) is 10.1. The van der Waals surface area contributed by atoms with E-state index in [1.807, 2.05) is 0 Å². The van der Waals surface area contributed by atoms with Crippen molar-refractivity contribution < 1.29 is 17.9 Å². The van der Waals surface area contributed by atoms with Gasteiger partial charge in [0.15, 0.2) is 0 Å². The highest BCUT2D eigenvalue weighted by molar-refractivity contribution is 7.92. The lowest BCUT2D eigenvalue weighted by Crippen LogP contribution is -2.37. The number of benzene rings is 2. The molecule has 140 valence electrons. The van der Waals surface area contributed by atoms with E-state index in [-0.39, 0.29) is 20.6 Å². The first-order valence-electron chi connectivity index (χ1n) is 7.54. The van der Waals surface area contributed by atoms with E-state index >= 15 is 0 Å². The highest BCUT2D eigenvalue weighted by Gasteiger charge is 2.31. The molecule has 0 aliphatic heterocycles. The molecule has 0 atom stereocenters. The van der Waals surface area contributed by atoms with E-state index in [9.17, 15) is 13.2 Å². The summed E-state index contributed by atoms with van der Waals surface area (Å²) in [6, 6.07) is 10.1. The molecule has 2 aromatic rings. The summed E-state index contributed by atoms with van der Waals surface area (Å²) in [4.78, 5) is 12.1. The van der Waals surface area contributed by atoms with Gasteiger partial charge in [-0.15, -0.1) is 0 Å². The van der Waals surface area contributed by atoms with Gasteiger partial charge in [-0.05, 0) is 50.2 Å². The van der Waals surface area contributed by atoms with Gasteiger partial charge in [-0.25, -0.2) is 8.42 Å². The van der Waals surface area contributed by atoms with Crippen LogP contribution < -0.4 is 4.31 Å². The maximum atomic E-state index is 13.1. The number of sulfonamides is 1. The minimum atomic E-state index is -4.14. The lowest BCUT2D eigenvalue weighted by Gasteiger charge is -2.26. The number of anilines is 1. The van der Waals surface area contributed by atoms with E-state index in [1.165, 1.54) is 36.4 Å². The zero-order valence-electron chi connectivity index (χ0n) is 13.9. The van der Waals surface area contributed by atoms with Crippen LogP contribution in [0, 0.1) is 0 Å². The van der Waals surface area contributed by atoms with Crippen molar-refractivity contribution in [3.63, 3.8) is 0 Å². The molecule has 0 amide bonds. The molecule has 2 rings (SSSR count). The van der Waals surface area contributed by atoms with Crippen molar-refractivity contribution >= 4 is 56.5 Å². The van der Waals surface area contributed by atoms with Gasteiger partial charge in [0.25, 0.3) is 10.0 Å². The summed E-state index contributed by atoms with van der Waals surface area (Å²) in [5.41, 5.74) is 0.00601. The third-order valence-corrected chi connectivity index (χ3v) is 5.85. The first-order chi connectivity index (χ1) is 12.1. The molecule has 0 saturated carbocycles. The number of hydrogen-bond donors (Lipinski definition) is 0. The predicted molar refractivity (Wildman–Crippen MR) is 104 cm³/mol. The van der Waals surface area contributed by atoms with Crippen LogP contribution in [0.3, 0.4) is 0 Å². The molecule has 0 bridgehead atoms. The molecule has 0 N–H and O–H groups in total. The van der Waals surface area contributed by atoms with E-state index in [4.69, 9.17) is 39.5 Å². The fourth-order valence-corrected chi connectivity index (χ4v) is 4.44. The molecule has 0 radical (unpaired) electrons. The zero-order chi connectivity index (χ0) is 19.5. The number of carbonyl (C=O) groups excluding carboxylic acids is 1. The highest BCUT2D eigenvalue weighted by atomic mass is 35.5. The second-order valence-corrected chi connectivity index (χ2v) is 8.69. The molecule has 9 heteroatoms. The minimum absolute atomic E-state index is 0.00601. The van der Waals surface area contributed by atoms with Crippen molar-refractivity contribution in [2.24, 2.45) is 0 Å². The van der Waals surface area contributed by atoms with Crippen molar-refractivity contribution in [2.75, 3.05) is 10.8 Å². The smallest absolute Gasteiger partial charge is 0.327 e. The predicted octanol–water partition coefficient (Wildman–Crippen LogP) is 4.79. The topological polar surface area (TPSA) is 63.7 Å². The average Bonchev–Trinajstić information content (AvgIpc) is 2.53. The van der Waals surface area contributed by atoms with Crippen LogP contribution in [-0.2, 0) is 19.6 Å². The molecular weight excluding hydrogens is 421 g/mol. The quantitative estimate of drug-likeness (QED) is 0.611. The fourth-order valence-electron chi connectivity index (χ4n) is 2.16. The molecule has 0 fully saturated rings. The van der Waals surface area contributed by atoms with E-state index in [0.717, 1.165) is 4.31 Å². The molecule has 0 unspecified atom stereocenters. The van der Waals surface area contributed by atoms with Gasteiger partial charge in [0.1, 0.15) is 6.54 Å². The highest BCUT2D eigenvalue weighted by Crippen LogP contribution is 2.36. The first kappa shape index (κ1) is 20.8. The fraction of sp³-hybridized carbons (Fsp3) is 0.235. The Morgan fingerprint density at radius 3 is 2.08 bits per heavy atom. The molecule has 0 heterocycles. The Morgan fingerprint density at radius 2 is 1.58 bits per heavy atom. The molecule has 0 aliphatic carbocycles. The van der Waals surface area contributed by atoms with Crippen molar-refractivity contribution in [2.45, 2.75) is 24.8 Å². The summed E-state index contributed by atoms with van der Waals surface area (Å²) in [6.07, 6.45) is -0.399. The number of ether oxygens (including phenoxy) is 1. The van der Waals surface area contributed by atoms with Crippen LogP contribution in [0.1, 0.15) is 13.8 Å². The van der Waals surface area contributed by atoms with Crippen molar-refractivity contribution in [3.8, 4) is 0 Å². The van der Waals surface area contributed by atoms with Crippen molar-refractivity contribution in [3.05, 3.63) is 57.5 Å². The van der Waals surface area contributed by atoms with Gasteiger partial charge >= 0.3 is 5.97 Å². The van der Waals surface area contributed by atoms with Crippen molar-refractivity contribution in [1.82, 2.24) is 0 Å². The molecule has 26 heavy (non-hydrogen) atoms. The number of esters is 1. The number of carbonyl (C=O) groups is 1. The summed E-state index contributed by atoms with van der Waals surface area (Å²) >= 11 is 18.2. The Bertz CT molecular complexity index is 878. The summed E-state index contributed by atoms with van der Waals surface area (Å²) in [6.45, 7) is 2.75. The van der Waals surface area contributed by atoms with Crippen LogP contribution in [0.25, 0.3) is 0 Å². The van der Waals surface area contributed by atoms with Crippen LogP contribution in [-0.4, -0.2) is 27.0 Å². The van der Waals surface area contributed by atoms with Crippen LogP contribution in [0.15, 0.2) is 47.4 Å². The third-order valence-electron chi connectivity index (χ3n) is 3.23. The Morgan fingerprint density at radius 1 is 1.04 bits per heavy atom. The summed E-state index contributed by atoms with van der Waals surface area (Å²) in [5.74, 6) is -0.728. The molecular formula is C17H16Cl3NO4S. The second kappa shape index (κ2) is 8.48. The standard InChI is InChI=1S/C17H16Cl3NO4S/c1-11(2)25-16(22)10-21(17-14(19)4-3-5-15(17)20)26(23,24)13-8-6-12(18)7-9-13/h3-9,11H,10H2,1-2H3. The van der Waals surface area contributed by atoms with Crippen molar-refractivity contribution in [1.29, 1.82) is 0 Å². The normalized spacial score (nSPS) is 11.5. The molecule has 5 nitrogen and oxygen atoms in total. The maximum absolute atomic E-state index is 13.1. The Hall–Kier alpha value is -1.47. The number of rotatable bonds is 6. The van der Waals surface area contributed by atoms with Gasteiger partial charge in [-0.2, -0.15) is 0 Å². The van der Waals surface area contributed by atoms with Gasteiger partial charge in [-0.3, -0.25) is 9.10 Å². The number of para-hydroxylation sites is 1. The zero-order valence-corrected chi connectivity index (χ0v) is 17.0. The molecule has 0 saturated heterocycles. The second-order valence-electron chi connectivity index (χ2n) is 5.57. The molecule has 2 aromatic carbocycles. The Labute approximate surface area is 167 Å². The summed E-state index contributed by atoms with van der Waals surface area (Å²) in [5, 5.41) is 0.560. The minimum Gasteiger partial charge on any atom is -0.462 e. The lowest BCUT2D eigenvalue weighted by atomic mass is 10.3. The van der Waals surface area contributed by atoms with E-state index in [0.29, 0.717) is 5.02 Å². The van der Waals surface area contributed by atoms with E-state index < -0.39 is 28.6 Å². The van der Waals surface area contributed by atoms with Crippen LogP contribution >= 0.6 is 34.8 Å². The molecule has 0 aromatic heterocycles. The number of nitrogens with zero attached hydrogens (tertiary/aromatic N) is 1. The van der Waals surface area contributed by atoms with Crippen LogP contribution in [0.4, 0.5) is 5.69 Å². The molecule has 0 aliphatic rings. The van der Waals surface area contributed by atoms with Gasteiger partial charge in [0.05, 0.1) is 26.7 Å². The number of halogens is 3. The van der Waals surface area contributed by atoms with Gasteiger partial charge in [0.2, 0.25) is 0 Å². The van der Waals surface area contributed by atoms with E-state index in [2.05, 4.69) is 0 Å². The SMILES string of the molecule is CC(C)OC(=O)CN(c1c(Cl)cccc1Cl)S(=O)(=O)c1ccc(Cl)cc1. The Kier molecular flexibility index (Phi) is 6.80. The summed E-state index contributed by atoms with van der Waals surface area (Å²) in [7, 11) is -4.14. The van der Waals surface area contributed by atoms with Gasteiger partial charge in [0, 0.05) is 5.02 Å². The average molecular weight is 437 g/mol. The van der Waals surface area contributed by atoms with Gasteiger partial charge in [-0.1, -0.05) is 40.9 Å². The molecule has 0 spiro atoms. The summed E-state index contributed by atoms with van der Waals surface area (Å²) < 4.78 is 32.2. The van der Waals surface area contributed by atoms with Gasteiger partial charge < -0.3 is 4.74 Å². The monoisotopic (exact) mass is 435 g/mol.